The lowest BCUT2D eigenvalue weighted by Gasteiger charge is -2.28. The smallest absolute Gasteiger partial charge is 0.131 e. The van der Waals surface area contributed by atoms with Crippen molar-refractivity contribution in [2.75, 3.05) is 13.1 Å². The Bertz CT molecular complexity index is 421. The third-order valence-electron chi connectivity index (χ3n) is 4.44. The van der Waals surface area contributed by atoms with Crippen LogP contribution in [0.25, 0.3) is 0 Å². The molecule has 2 nitrogen and oxygen atoms in total. The molecule has 3 heteroatoms. The van der Waals surface area contributed by atoms with E-state index in [4.69, 9.17) is 0 Å². The first-order chi connectivity index (χ1) is 9.11. The second-order valence-corrected chi connectivity index (χ2v) is 5.62. The molecule has 0 bridgehead atoms. The minimum atomic E-state index is -0.302. The molecule has 1 aromatic rings. The van der Waals surface area contributed by atoms with Crippen LogP contribution in [0.15, 0.2) is 18.2 Å². The molecule has 2 unspecified atom stereocenters. The van der Waals surface area contributed by atoms with E-state index in [9.17, 15) is 9.50 Å². The van der Waals surface area contributed by atoms with E-state index < -0.39 is 0 Å². The summed E-state index contributed by atoms with van der Waals surface area (Å²) in [5, 5.41) is 9.29. The topological polar surface area (TPSA) is 23.5 Å². The lowest BCUT2D eigenvalue weighted by molar-refractivity contribution is 0.212. The molecule has 1 heterocycles. The molecule has 106 valence electrons. The Morgan fingerprint density at radius 3 is 2.84 bits per heavy atom. The summed E-state index contributed by atoms with van der Waals surface area (Å²) in [6.07, 6.45) is 4.94. The minimum Gasteiger partial charge on any atom is -0.508 e. The number of likely N-dealkylation sites (tertiary alicyclic amines) is 1. The van der Waals surface area contributed by atoms with Crippen molar-refractivity contribution in [1.82, 2.24) is 4.90 Å². The zero-order valence-corrected chi connectivity index (χ0v) is 11.9. The van der Waals surface area contributed by atoms with Crippen LogP contribution in [0, 0.1) is 11.7 Å². The zero-order chi connectivity index (χ0) is 13.8. The van der Waals surface area contributed by atoms with Crippen LogP contribution in [0.3, 0.4) is 0 Å². The number of hydrogen-bond donors (Lipinski definition) is 1. The quantitative estimate of drug-likeness (QED) is 0.889. The fraction of sp³-hybridized carbons (Fsp3) is 0.625. The molecular weight excluding hydrogens is 241 g/mol. The van der Waals surface area contributed by atoms with Crippen molar-refractivity contribution in [1.29, 1.82) is 0 Å². The van der Waals surface area contributed by atoms with E-state index in [1.165, 1.54) is 31.7 Å². The van der Waals surface area contributed by atoms with E-state index in [1.807, 2.05) is 0 Å². The van der Waals surface area contributed by atoms with Crippen LogP contribution in [0.4, 0.5) is 4.39 Å². The average Bonchev–Trinajstić information content (AvgIpc) is 2.63. The fourth-order valence-corrected chi connectivity index (χ4v) is 3.03. The molecule has 0 saturated carbocycles. The predicted octanol–water partition coefficient (Wildman–Crippen LogP) is 4.10. The van der Waals surface area contributed by atoms with E-state index in [1.54, 1.807) is 12.1 Å². The van der Waals surface area contributed by atoms with Crippen molar-refractivity contribution in [3.63, 3.8) is 0 Å². The summed E-state index contributed by atoms with van der Waals surface area (Å²) in [5.41, 5.74) is 0.688. The number of rotatable bonds is 3. The van der Waals surface area contributed by atoms with E-state index in [0.29, 0.717) is 5.56 Å². The van der Waals surface area contributed by atoms with Crippen LogP contribution in [0.5, 0.6) is 5.75 Å². The highest BCUT2D eigenvalue weighted by Crippen LogP contribution is 2.29. The maximum atomic E-state index is 13.9. The van der Waals surface area contributed by atoms with Crippen molar-refractivity contribution in [3.05, 3.63) is 29.6 Å². The third kappa shape index (κ3) is 3.47. The molecule has 1 N–H and O–H groups in total. The van der Waals surface area contributed by atoms with Crippen LogP contribution >= 0.6 is 0 Å². The second kappa shape index (κ2) is 6.38. The van der Waals surface area contributed by atoms with Crippen molar-refractivity contribution >= 4 is 0 Å². The summed E-state index contributed by atoms with van der Waals surface area (Å²) in [6.45, 7) is 6.39. The van der Waals surface area contributed by atoms with Crippen LogP contribution in [-0.4, -0.2) is 23.1 Å². The normalized spacial score (nSPS) is 23.0. The van der Waals surface area contributed by atoms with Crippen molar-refractivity contribution in [3.8, 4) is 5.75 Å². The number of halogens is 1. The molecule has 0 aromatic heterocycles. The number of nitrogens with zero attached hydrogens (tertiary/aromatic N) is 1. The molecule has 1 aliphatic rings. The molecule has 1 fully saturated rings. The Morgan fingerprint density at radius 2 is 2.16 bits per heavy atom. The highest BCUT2D eigenvalue weighted by Gasteiger charge is 2.22. The van der Waals surface area contributed by atoms with Gasteiger partial charge >= 0.3 is 0 Å². The molecule has 0 radical (unpaired) electrons. The summed E-state index contributed by atoms with van der Waals surface area (Å²) >= 11 is 0. The Morgan fingerprint density at radius 1 is 1.37 bits per heavy atom. The molecule has 2 atom stereocenters. The molecule has 1 saturated heterocycles. The van der Waals surface area contributed by atoms with Gasteiger partial charge in [-0.25, -0.2) is 4.39 Å². The van der Waals surface area contributed by atoms with Gasteiger partial charge in [-0.3, -0.25) is 4.90 Å². The zero-order valence-electron chi connectivity index (χ0n) is 11.9. The summed E-state index contributed by atoms with van der Waals surface area (Å²) < 4.78 is 13.9. The average molecular weight is 265 g/mol. The first-order valence-corrected chi connectivity index (χ1v) is 7.34. The third-order valence-corrected chi connectivity index (χ3v) is 4.44. The summed E-state index contributed by atoms with van der Waals surface area (Å²) in [7, 11) is 0. The Hall–Kier alpha value is -1.09. The van der Waals surface area contributed by atoms with Crippen LogP contribution < -0.4 is 0 Å². The lowest BCUT2D eigenvalue weighted by atomic mass is 9.98. The maximum Gasteiger partial charge on any atom is 0.131 e. The Balaban J connectivity index is 2.08. The van der Waals surface area contributed by atoms with Gasteiger partial charge in [0.25, 0.3) is 0 Å². The maximum absolute atomic E-state index is 13.9. The van der Waals surface area contributed by atoms with Crippen molar-refractivity contribution in [2.24, 2.45) is 5.92 Å². The van der Waals surface area contributed by atoms with E-state index >= 15 is 0 Å². The lowest BCUT2D eigenvalue weighted by Crippen LogP contribution is -2.28. The molecule has 2 rings (SSSR count). The van der Waals surface area contributed by atoms with E-state index in [2.05, 4.69) is 18.7 Å². The van der Waals surface area contributed by atoms with E-state index in [-0.39, 0.29) is 17.6 Å². The molecule has 0 spiro atoms. The summed E-state index contributed by atoms with van der Waals surface area (Å²) in [6, 6.07) is 4.56. The molecule has 1 aromatic carbocycles. The number of phenolic OH excluding ortho intramolecular Hbond substituents is 1. The van der Waals surface area contributed by atoms with Gasteiger partial charge in [0.2, 0.25) is 0 Å². The van der Waals surface area contributed by atoms with Gasteiger partial charge in [-0.2, -0.15) is 0 Å². The van der Waals surface area contributed by atoms with Crippen molar-refractivity contribution in [2.45, 2.75) is 45.6 Å². The molecule has 1 aliphatic heterocycles. The number of aromatic hydroxyl groups is 1. The first-order valence-electron chi connectivity index (χ1n) is 7.34. The minimum absolute atomic E-state index is 0.00429. The number of benzene rings is 1. The Kier molecular flexibility index (Phi) is 4.81. The van der Waals surface area contributed by atoms with Crippen LogP contribution in [0.2, 0.25) is 0 Å². The number of hydrogen-bond acceptors (Lipinski definition) is 2. The molecule has 0 aliphatic carbocycles. The van der Waals surface area contributed by atoms with E-state index in [0.717, 1.165) is 19.0 Å². The van der Waals surface area contributed by atoms with Crippen LogP contribution in [0.1, 0.15) is 51.1 Å². The van der Waals surface area contributed by atoms with Gasteiger partial charge in [0.05, 0.1) is 0 Å². The van der Waals surface area contributed by atoms with Crippen LogP contribution in [-0.2, 0) is 0 Å². The predicted molar refractivity (Wildman–Crippen MR) is 75.7 cm³/mol. The molecule has 0 amide bonds. The standard InChI is InChI=1S/C16H24FNO/c1-3-13-5-4-9-18(10-8-13)12(2)15-7-6-14(19)11-16(15)17/h6-7,11-13,19H,3-5,8-10H2,1-2H3. The highest BCUT2D eigenvalue weighted by atomic mass is 19.1. The fourth-order valence-electron chi connectivity index (χ4n) is 3.03. The van der Waals surface area contributed by atoms with Gasteiger partial charge in [-0.15, -0.1) is 0 Å². The molecule has 19 heavy (non-hydrogen) atoms. The van der Waals surface area contributed by atoms with Gasteiger partial charge in [-0.1, -0.05) is 19.4 Å². The molecular formula is C16H24FNO. The SMILES string of the molecule is CCC1CCCN(C(C)c2ccc(O)cc2F)CC1. The largest absolute Gasteiger partial charge is 0.508 e. The Labute approximate surface area is 115 Å². The van der Waals surface area contributed by atoms with Gasteiger partial charge in [0, 0.05) is 17.7 Å². The van der Waals surface area contributed by atoms with Gasteiger partial charge < -0.3 is 5.11 Å². The number of phenols is 1. The van der Waals surface area contributed by atoms with Gasteiger partial charge in [-0.05, 0) is 51.3 Å². The van der Waals surface area contributed by atoms with Gasteiger partial charge in [0.1, 0.15) is 11.6 Å². The summed E-state index contributed by atoms with van der Waals surface area (Å²) in [4.78, 5) is 2.37. The monoisotopic (exact) mass is 265 g/mol. The van der Waals surface area contributed by atoms with Gasteiger partial charge in [0.15, 0.2) is 0 Å². The first kappa shape index (κ1) is 14.3. The summed E-state index contributed by atoms with van der Waals surface area (Å²) in [5.74, 6) is 0.515. The highest BCUT2D eigenvalue weighted by molar-refractivity contribution is 5.29. The second-order valence-electron chi connectivity index (χ2n) is 5.62. The van der Waals surface area contributed by atoms with Crippen molar-refractivity contribution < 1.29 is 9.50 Å².